The van der Waals surface area contributed by atoms with Crippen molar-refractivity contribution in [2.24, 2.45) is 15.9 Å². The molecule has 8 bridgehead atoms. The monoisotopic (exact) mass is 595 g/mol. The van der Waals surface area contributed by atoms with E-state index >= 15 is 13.2 Å². The summed E-state index contributed by atoms with van der Waals surface area (Å²) in [5.41, 5.74) is -1.74. The minimum absolute atomic E-state index is 0.0588. The lowest BCUT2D eigenvalue weighted by molar-refractivity contribution is -0.176. The van der Waals surface area contributed by atoms with Crippen LogP contribution in [0.15, 0.2) is 76.4 Å². The predicted octanol–water partition coefficient (Wildman–Crippen LogP) is 5.93. The predicted molar refractivity (Wildman–Crippen MR) is 156 cm³/mol. The van der Waals surface area contributed by atoms with Gasteiger partial charge >= 0.3 is 6.18 Å². The highest BCUT2D eigenvalue weighted by Crippen LogP contribution is 2.52. The molecule has 10 heteroatoms. The van der Waals surface area contributed by atoms with Gasteiger partial charge in [-0.05, 0) is 90.8 Å². The van der Waals surface area contributed by atoms with Crippen LogP contribution in [0, 0.1) is 17.2 Å². The molecule has 5 nitrogen and oxygen atoms in total. The molecule has 1 aromatic heterocycles. The van der Waals surface area contributed by atoms with Gasteiger partial charge in [-0.15, -0.1) is 0 Å². The van der Waals surface area contributed by atoms with Crippen LogP contribution in [-0.2, 0) is 0 Å². The second kappa shape index (κ2) is 10.2. The van der Waals surface area contributed by atoms with Gasteiger partial charge in [0.25, 0.3) is 0 Å². The number of aliphatic imine (C=N–C) groups is 2. The summed E-state index contributed by atoms with van der Waals surface area (Å²) in [5.74, 6) is -1.06. The quantitative estimate of drug-likeness (QED) is 0.461. The van der Waals surface area contributed by atoms with Gasteiger partial charge in [0.15, 0.2) is 5.54 Å². The van der Waals surface area contributed by atoms with Crippen molar-refractivity contribution in [3.8, 4) is 6.07 Å². The Morgan fingerprint density at radius 3 is 2.44 bits per heavy atom. The van der Waals surface area contributed by atoms with Crippen LogP contribution in [-0.4, -0.2) is 39.7 Å². The molecule has 0 spiro atoms. The molecule has 4 aliphatic rings. The first-order chi connectivity index (χ1) is 19.5. The first kappa shape index (κ1) is 27.8. The number of alkyl halides is 3. The molecule has 210 valence electrons. The molecule has 2 aromatic rings. The normalized spacial score (nSPS) is 29.2. The molecule has 1 aromatic carbocycles. The van der Waals surface area contributed by atoms with E-state index in [1.165, 1.54) is 12.1 Å². The van der Waals surface area contributed by atoms with Crippen LogP contribution in [0.3, 0.4) is 0 Å². The molecule has 0 amide bonds. The zero-order valence-electron chi connectivity index (χ0n) is 22.0. The van der Waals surface area contributed by atoms with Crippen molar-refractivity contribution in [3.05, 3.63) is 92.7 Å². The van der Waals surface area contributed by atoms with Crippen molar-refractivity contribution < 1.29 is 13.2 Å². The van der Waals surface area contributed by atoms with E-state index in [1.807, 2.05) is 37.3 Å². The third-order valence-corrected chi connectivity index (χ3v) is 8.75. The Bertz CT molecular complexity index is 1700. The highest BCUT2D eigenvalue weighted by atomic mass is 35.5. The number of aromatic nitrogens is 1. The molecule has 0 aliphatic carbocycles. The Morgan fingerprint density at radius 1 is 1.07 bits per heavy atom. The summed E-state index contributed by atoms with van der Waals surface area (Å²) < 4.78 is 45.3. The lowest BCUT2D eigenvalue weighted by Gasteiger charge is -2.41. The number of fused-ring (bicyclic) bond motifs is 6. The molecule has 4 aliphatic heterocycles. The summed E-state index contributed by atoms with van der Waals surface area (Å²) in [7, 11) is 0. The summed E-state index contributed by atoms with van der Waals surface area (Å²) in [6.07, 6.45) is 7.54. The van der Waals surface area contributed by atoms with Crippen molar-refractivity contribution in [3.63, 3.8) is 0 Å². The maximum Gasteiger partial charge on any atom is 0.417 e. The zero-order chi connectivity index (χ0) is 29.0. The molecule has 1 fully saturated rings. The number of benzene rings is 1. The second-order valence-corrected chi connectivity index (χ2v) is 11.9. The first-order valence-electron chi connectivity index (χ1n) is 13.4. The molecule has 5 atom stereocenters. The molecule has 5 heterocycles. The van der Waals surface area contributed by atoms with Gasteiger partial charge in [-0.1, -0.05) is 36.5 Å². The summed E-state index contributed by atoms with van der Waals surface area (Å²) in [6.45, 7) is 2.00. The van der Waals surface area contributed by atoms with E-state index in [-0.39, 0.29) is 17.7 Å². The Labute approximate surface area is 245 Å². The van der Waals surface area contributed by atoms with Crippen molar-refractivity contribution in [1.82, 2.24) is 10.3 Å². The fraction of sp³-hybridized carbons (Fsp3) is 0.323. The van der Waals surface area contributed by atoms with Crippen LogP contribution in [0.25, 0.3) is 12.2 Å². The number of halogens is 5. The van der Waals surface area contributed by atoms with Crippen molar-refractivity contribution in [1.29, 1.82) is 5.26 Å². The summed E-state index contributed by atoms with van der Waals surface area (Å²) in [6, 6.07) is 10.4. The van der Waals surface area contributed by atoms with E-state index in [9.17, 15) is 5.26 Å². The zero-order valence-corrected chi connectivity index (χ0v) is 23.5. The number of nitriles is 1. The van der Waals surface area contributed by atoms with Crippen LogP contribution in [0.2, 0.25) is 10.0 Å². The van der Waals surface area contributed by atoms with E-state index in [0.29, 0.717) is 39.5 Å². The van der Waals surface area contributed by atoms with Gasteiger partial charge in [0.2, 0.25) is 0 Å². The minimum Gasteiger partial charge on any atom is -0.355 e. The van der Waals surface area contributed by atoms with Gasteiger partial charge in [-0.2, -0.15) is 18.4 Å². The number of allylic oxidation sites excluding steroid dienone is 3. The minimum atomic E-state index is -4.72. The number of hydrogen-bond donors (Lipinski definition) is 2. The maximum absolute atomic E-state index is 15.1. The molecule has 1 saturated heterocycles. The van der Waals surface area contributed by atoms with E-state index in [1.54, 1.807) is 24.3 Å². The van der Waals surface area contributed by atoms with E-state index < -0.39 is 29.6 Å². The fourth-order valence-electron chi connectivity index (χ4n) is 6.48. The molecule has 41 heavy (non-hydrogen) atoms. The molecule has 2 unspecified atom stereocenters. The van der Waals surface area contributed by atoms with Crippen LogP contribution in [0.5, 0.6) is 0 Å². The van der Waals surface area contributed by atoms with E-state index in [0.717, 1.165) is 17.1 Å². The highest BCUT2D eigenvalue weighted by Gasteiger charge is 2.62. The average Bonchev–Trinajstić information content (AvgIpc) is 3.68. The van der Waals surface area contributed by atoms with Crippen LogP contribution in [0.4, 0.5) is 13.2 Å². The number of nitrogens with one attached hydrogen (secondary N) is 2. The number of hydrogen-bond acceptors (Lipinski definition) is 4. The number of aromatic amines is 1. The average molecular weight is 596 g/mol. The first-order valence-corrected chi connectivity index (χ1v) is 14.1. The standard InChI is InChI=1S/C31H26Cl2F3N5/c1-2-18-15-29(27(16-37)19-9-20(32)11-21(33)10-19)17-30(31(34,35)36)8-7-26(40-30)13-24-4-3-22(38-24)12-23-5-6-25(39-23)14-28(18)41-29/h3-14,18,27-28,38,41H,2,15,17H2,1H3/t18-,27?,28+,29-,30?/m1/s1. The van der Waals surface area contributed by atoms with Gasteiger partial charge in [0.1, 0.15) is 0 Å². The number of rotatable bonds is 3. The molecule has 6 rings (SSSR count). The van der Waals surface area contributed by atoms with Crippen molar-refractivity contribution >= 4 is 46.8 Å². The largest absolute Gasteiger partial charge is 0.417 e. The fourth-order valence-corrected chi connectivity index (χ4v) is 7.02. The molecular formula is C31H26Cl2F3N5. The van der Waals surface area contributed by atoms with Crippen molar-refractivity contribution in [2.75, 3.05) is 0 Å². The third-order valence-electron chi connectivity index (χ3n) is 8.32. The van der Waals surface area contributed by atoms with Crippen LogP contribution >= 0.6 is 23.2 Å². The van der Waals surface area contributed by atoms with Gasteiger partial charge in [-0.25, -0.2) is 4.99 Å². The van der Waals surface area contributed by atoms with Gasteiger partial charge in [0, 0.05) is 38.7 Å². The lowest BCUT2D eigenvalue weighted by atomic mass is 9.70. The van der Waals surface area contributed by atoms with Crippen LogP contribution < -0.4 is 16.0 Å². The Hall–Kier alpha value is -3.38. The smallest absolute Gasteiger partial charge is 0.355 e. The number of H-pyrrole nitrogens is 1. The van der Waals surface area contributed by atoms with Gasteiger partial charge < -0.3 is 10.3 Å². The molecular weight excluding hydrogens is 570 g/mol. The van der Waals surface area contributed by atoms with Gasteiger partial charge in [0.05, 0.1) is 29.1 Å². The topological polar surface area (TPSA) is 76.3 Å². The molecule has 2 N–H and O–H groups in total. The Balaban J connectivity index is 1.59. The SMILES string of the molecule is CC[C@@H]1C[C@]2(C(C#N)c3cc(Cl)cc(Cl)c3)CC3(C(F)(F)F)C=CC(=N3)C=c3ccc([nH]3)=CC3=NC(=C[C@@H]1N2)C=C3. The summed E-state index contributed by atoms with van der Waals surface area (Å²) >= 11 is 12.6. The van der Waals surface area contributed by atoms with E-state index in [4.69, 9.17) is 28.2 Å². The summed E-state index contributed by atoms with van der Waals surface area (Å²) in [4.78, 5) is 12.2. The van der Waals surface area contributed by atoms with Gasteiger partial charge in [-0.3, -0.25) is 4.99 Å². The number of nitrogens with zero attached hydrogens (tertiary/aromatic N) is 3. The second-order valence-electron chi connectivity index (χ2n) is 11.1. The van der Waals surface area contributed by atoms with Crippen LogP contribution in [0.1, 0.15) is 37.7 Å². The maximum atomic E-state index is 15.1. The van der Waals surface area contributed by atoms with E-state index in [2.05, 4.69) is 21.4 Å². The Morgan fingerprint density at radius 2 is 1.78 bits per heavy atom. The summed E-state index contributed by atoms with van der Waals surface area (Å²) in [5, 5.41) is 16.1. The van der Waals surface area contributed by atoms with Crippen molar-refractivity contribution in [2.45, 2.75) is 55.4 Å². The highest BCUT2D eigenvalue weighted by molar-refractivity contribution is 6.34. The lowest BCUT2D eigenvalue weighted by Crippen LogP contribution is -2.55. The Kier molecular flexibility index (Phi) is 6.88. The molecule has 0 radical (unpaired) electrons. The molecule has 0 saturated carbocycles. The third kappa shape index (κ3) is 5.12.